The van der Waals surface area contributed by atoms with E-state index >= 15 is 0 Å². The molecule has 0 fully saturated rings. The van der Waals surface area contributed by atoms with Crippen LogP contribution in [0.4, 0.5) is 13.2 Å². The van der Waals surface area contributed by atoms with E-state index < -0.39 is 30.5 Å². The quantitative estimate of drug-likeness (QED) is 0.179. The van der Waals surface area contributed by atoms with Gasteiger partial charge in [0, 0.05) is 35.7 Å². The molecule has 0 aliphatic rings. The summed E-state index contributed by atoms with van der Waals surface area (Å²) in [7, 11) is 1.48. The zero-order chi connectivity index (χ0) is 33.2. The van der Waals surface area contributed by atoms with Crippen LogP contribution in [0, 0.1) is 6.92 Å². The number of alkyl halides is 3. The van der Waals surface area contributed by atoms with Crippen LogP contribution in [-0.4, -0.2) is 35.6 Å². The highest BCUT2D eigenvalue weighted by molar-refractivity contribution is 6.11. The molecular formula is C36H34F3N3O4. The number of furan rings is 1. The molecule has 2 aromatic heterocycles. The van der Waals surface area contributed by atoms with E-state index in [2.05, 4.69) is 15.6 Å². The number of fused-ring (bicyclic) bond motifs is 1. The van der Waals surface area contributed by atoms with Gasteiger partial charge >= 0.3 is 6.18 Å². The summed E-state index contributed by atoms with van der Waals surface area (Å²) in [6, 6.07) is 22.7. The van der Waals surface area contributed by atoms with E-state index in [1.165, 1.54) is 7.05 Å². The second-order valence-corrected chi connectivity index (χ2v) is 12.1. The average Bonchev–Trinajstić information content (AvgIpc) is 3.38. The summed E-state index contributed by atoms with van der Waals surface area (Å²) in [6.45, 7) is 7.53. The number of aryl methyl sites for hydroxylation is 2. The number of carbonyl (C=O) groups is 2. The molecule has 5 aromatic rings. The first-order chi connectivity index (χ1) is 21.7. The van der Waals surface area contributed by atoms with Gasteiger partial charge in [0.1, 0.15) is 17.3 Å². The number of pyridine rings is 1. The maximum atomic E-state index is 13.4. The van der Waals surface area contributed by atoms with Crippen molar-refractivity contribution in [3.05, 3.63) is 101 Å². The third-order valence-electron chi connectivity index (χ3n) is 7.16. The molecule has 0 saturated heterocycles. The molecule has 0 radical (unpaired) electrons. The van der Waals surface area contributed by atoms with Gasteiger partial charge in [-0.2, -0.15) is 13.2 Å². The van der Waals surface area contributed by atoms with Crippen LogP contribution in [0.2, 0.25) is 0 Å². The van der Waals surface area contributed by atoms with Crippen LogP contribution in [0.25, 0.3) is 33.6 Å². The van der Waals surface area contributed by atoms with Crippen LogP contribution < -0.4 is 15.4 Å². The Morgan fingerprint density at radius 1 is 0.870 bits per heavy atom. The van der Waals surface area contributed by atoms with Gasteiger partial charge in [-0.1, -0.05) is 29.8 Å². The Hall–Kier alpha value is -5.12. The van der Waals surface area contributed by atoms with Crippen molar-refractivity contribution in [2.75, 3.05) is 7.05 Å². The summed E-state index contributed by atoms with van der Waals surface area (Å²) in [6.07, 6.45) is -5.96. The first kappa shape index (κ1) is 32.3. The lowest BCUT2D eigenvalue weighted by Crippen LogP contribution is -2.40. The number of nitrogens with one attached hydrogen (secondary N) is 2. The molecule has 7 nitrogen and oxygen atoms in total. The van der Waals surface area contributed by atoms with E-state index in [4.69, 9.17) is 9.15 Å². The number of halogens is 3. The second kappa shape index (κ2) is 12.7. The molecule has 0 spiro atoms. The SMILES string of the molecule is CNC(=O)c1c(-c2ccc(Oc3ccc(C)cc3)cc2)oc2nc(CCC(F)(F)F)c(-c3cccc(C(=O)NC(C)(C)C)c3)cc12. The van der Waals surface area contributed by atoms with Crippen molar-refractivity contribution in [3.63, 3.8) is 0 Å². The van der Waals surface area contributed by atoms with Gasteiger partial charge in [-0.05, 0) is 94.3 Å². The van der Waals surface area contributed by atoms with E-state index in [1.54, 1.807) is 54.6 Å². The maximum Gasteiger partial charge on any atom is 0.389 e. The smallest absolute Gasteiger partial charge is 0.389 e. The maximum absolute atomic E-state index is 13.4. The minimum absolute atomic E-state index is 0.0242. The second-order valence-electron chi connectivity index (χ2n) is 12.1. The summed E-state index contributed by atoms with van der Waals surface area (Å²) < 4.78 is 52.2. The van der Waals surface area contributed by atoms with Crippen LogP contribution in [-0.2, 0) is 6.42 Å². The summed E-state index contributed by atoms with van der Waals surface area (Å²) >= 11 is 0. The van der Waals surface area contributed by atoms with Crippen molar-refractivity contribution in [1.29, 1.82) is 0 Å². The Labute approximate surface area is 264 Å². The zero-order valence-electron chi connectivity index (χ0n) is 26.1. The predicted molar refractivity (Wildman–Crippen MR) is 171 cm³/mol. The monoisotopic (exact) mass is 629 g/mol. The highest BCUT2D eigenvalue weighted by atomic mass is 19.4. The first-order valence-electron chi connectivity index (χ1n) is 14.7. The molecule has 0 aliphatic carbocycles. The topological polar surface area (TPSA) is 93.5 Å². The fraction of sp³-hybridized carbons (Fsp3) is 0.250. The molecule has 46 heavy (non-hydrogen) atoms. The number of amides is 2. The van der Waals surface area contributed by atoms with Crippen molar-refractivity contribution in [2.45, 2.75) is 52.3 Å². The molecule has 0 atom stereocenters. The molecule has 0 unspecified atom stereocenters. The van der Waals surface area contributed by atoms with Gasteiger partial charge in [0.15, 0.2) is 0 Å². The van der Waals surface area contributed by atoms with E-state index in [9.17, 15) is 22.8 Å². The van der Waals surface area contributed by atoms with Gasteiger partial charge in [0.2, 0.25) is 5.71 Å². The van der Waals surface area contributed by atoms with Gasteiger partial charge < -0.3 is 19.8 Å². The van der Waals surface area contributed by atoms with Crippen LogP contribution in [0.3, 0.4) is 0 Å². The molecule has 5 rings (SSSR count). The van der Waals surface area contributed by atoms with Crippen LogP contribution >= 0.6 is 0 Å². The lowest BCUT2D eigenvalue weighted by molar-refractivity contribution is -0.134. The number of hydrogen-bond donors (Lipinski definition) is 2. The Balaban J connectivity index is 1.61. The van der Waals surface area contributed by atoms with Crippen molar-refractivity contribution in [2.24, 2.45) is 0 Å². The Bertz CT molecular complexity index is 1890. The van der Waals surface area contributed by atoms with Crippen molar-refractivity contribution >= 4 is 22.9 Å². The number of benzene rings is 3. The predicted octanol–water partition coefficient (Wildman–Crippen LogP) is 8.65. The minimum Gasteiger partial charge on any atom is -0.457 e. The van der Waals surface area contributed by atoms with E-state index in [0.29, 0.717) is 39.1 Å². The molecule has 2 N–H and O–H groups in total. The summed E-state index contributed by atoms with van der Waals surface area (Å²) in [5, 5.41) is 5.85. The van der Waals surface area contributed by atoms with Gasteiger partial charge in [0.25, 0.3) is 11.8 Å². The number of ether oxygens (including phenoxy) is 1. The Morgan fingerprint density at radius 2 is 1.52 bits per heavy atom. The van der Waals surface area contributed by atoms with Crippen LogP contribution in [0.15, 0.2) is 83.3 Å². The zero-order valence-corrected chi connectivity index (χ0v) is 26.1. The molecule has 0 aliphatic heterocycles. The standard InChI is InChI=1S/C36H34F3N3O4/c1-21-9-13-25(14-10-21)45-26-15-11-22(12-16-26)31-30(33(44)40-5)28-20-27(29(41-34(28)46-31)17-18-36(37,38)39)23-7-6-8-24(19-23)32(43)42-35(2,3)4/h6-16,19-20H,17-18H2,1-5H3,(H,40,44)(H,42,43). The van der Waals surface area contributed by atoms with E-state index in [0.717, 1.165) is 5.56 Å². The minimum atomic E-state index is -4.42. The number of carbonyl (C=O) groups excluding carboxylic acids is 2. The van der Waals surface area contributed by atoms with Gasteiger partial charge in [-0.15, -0.1) is 0 Å². The highest BCUT2D eigenvalue weighted by Crippen LogP contribution is 2.38. The summed E-state index contributed by atoms with van der Waals surface area (Å²) in [5.74, 6) is 0.655. The number of rotatable bonds is 8. The van der Waals surface area contributed by atoms with Gasteiger partial charge in [0.05, 0.1) is 16.6 Å². The lowest BCUT2D eigenvalue weighted by atomic mass is 9.96. The number of aromatic nitrogens is 1. The highest BCUT2D eigenvalue weighted by Gasteiger charge is 2.29. The fourth-order valence-corrected chi connectivity index (χ4v) is 4.97. The Kier molecular flexibility index (Phi) is 8.92. The molecule has 2 amide bonds. The molecular weight excluding hydrogens is 595 g/mol. The molecule has 3 aromatic carbocycles. The summed E-state index contributed by atoms with van der Waals surface area (Å²) in [4.78, 5) is 30.7. The molecule has 0 saturated carbocycles. The number of hydrogen-bond acceptors (Lipinski definition) is 5. The molecule has 10 heteroatoms. The normalized spacial score (nSPS) is 11.8. The van der Waals surface area contributed by atoms with E-state index in [1.807, 2.05) is 52.0 Å². The van der Waals surface area contributed by atoms with Gasteiger partial charge in [-0.25, -0.2) is 4.98 Å². The third-order valence-corrected chi connectivity index (χ3v) is 7.16. The lowest BCUT2D eigenvalue weighted by Gasteiger charge is -2.20. The first-order valence-corrected chi connectivity index (χ1v) is 14.7. The van der Waals surface area contributed by atoms with Crippen molar-refractivity contribution in [3.8, 4) is 33.9 Å². The Morgan fingerprint density at radius 3 is 2.13 bits per heavy atom. The molecule has 238 valence electrons. The van der Waals surface area contributed by atoms with Crippen molar-refractivity contribution < 1.29 is 31.9 Å². The number of nitrogens with zero attached hydrogens (tertiary/aromatic N) is 1. The molecule has 2 heterocycles. The molecule has 0 bridgehead atoms. The van der Waals surface area contributed by atoms with Crippen LogP contribution in [0.1, 0.15) is 59.2 Å². The van der Waals surface area contributed by atoms with E-state index in [-0.39, 0.29) is 28.6 Å². The largest absolute Gasteiger partial charge is 0.457 e. The summed E-state index contributed by atoms with van der Waals surface area (Å²) in [5.41, 5.74) is 2.67. The fourth-order valence-electron chi connectivity index (χ4n) is 4.97. The van der Waals surface area contributed by atoms with Crippen molar-refractivity contribution in [1.82, 2.24) is 15.6 Å². The van der Waals surface area contributed by atoms with Crippen LogP contribution in [0.5, 0.6) is 11.5 Å². The third kappa shape index (κ3) is 7.56. The van der Waals surface area contributed by atoms with Gasteiger partial charge in [-0.3, -0.25) is 9.59 Å². The average molecular weight is 630 g/mol.